The van der Waals surface area contributed by atoms with Crippen molar-refractivity contribution in [3.8, 4) is 11.5 Å². The lowest BCUT2D eigenvalue weighted by Crippen LogP contribution is -2.24. The number of amides is 1. The lowest BCUT2D eigenvalue weighted by molar-refractivity contribution is -0.123. The number of benzene rings is 2. The molecule has 5 nitrogen and oxygen atoms in total. The molecule has 0 aliphatic heterocycles. The molecule has 126 valence electrons. The first-order valence-electron chi connectivity index (χ1n) is 8.00. The summed E-state index contributed by atoms with van der Waals surface area (Å²) in [7, 11) is 0. The molecule has 0 atom stereocenters. The van der Waals surface area contributed by atoms with Crippen LogP contribution in [0.1, 0.15) is 25.3 Å². The van der Waals surface area contributed by atoms with E-state index in [1.165, 1.54) is 0 Å². The zero-order valence-electron chi connectivity index (χ0n) is 13.8. The van der Waals surface area contributed by atoms with Gasteiger partial charge in [0.25, 0.3) is 5.91 Å². The van der Waals surface area contributed by atoms with Crippen molar-refractivity contribution in [1.82, 2.24) is 5.43 Å². The topological polar surface area (TPSA) is 59.9 Å². The second kappa shape index (κ2) is 10.0. The zero-order chi connectivity index (χ0) is 17.0. The smallest absolute Gasteiger partial charge is 0.277 e. The Morgan fingerprint density at radius 2 is 1.75 bits per heavy atom. The number of hydrogen-bond acceptors (Lipinski definition) is 4. The summed E-state index contributed by atoms with van der Waals surface area (Å²) >= 11 is 0. The molecule has 0 aliphatic carbocycles. The number of para-hydroxylation sites is 1. The SMILES string of the molecule is CCCCOc1ccc(C=NNC(=O)COc2ccccc2)cc1. The third kappa shape index (κ3) is 6.52. The maximum absolute atomic E-state index is 11.6. The first-order chi connectivity index (χ1) is 11.8. The van der Waals surface area contributed by atoms with Gasteiger partial charge in [0, 0.05) is 0 Å². The zero-order valence-corrected chi connectivity index (χ0v) is 13.8. The lowest BCUT2D eigenvalue weighted by Gasteiger charge is -2.05. The quantitative estimate of drug-likeness (QED) is 0.436. The van der Waals surface area contributed by atoms with Crippen LogP contribution < -0.4 is 14.9 Å². The number of rotatable bonds is 9. The van der Waals surface area contributed by atoms with Crippen LogP contribution in [0.2, 0.25) is 0 Å². The second-order valence-corrected chi connectivity index (χ2v) is 5.17. The van der Waals surface area contributed by atoms with Gasteiger partial charge in [0.05, 0.1) is 12.8 Å². The number of hydrogen-bond donors (Lipinski definition) is 1. The van der Waals surface area contributed by atoms with Crippen LogP contribution >= 0.6 is 0 Å². The number of nitrogens with zero attached hydrogens (tertiary/aromatic N) is 1. The predicted molar refractivity (Wildman–Crippen MR) is 94.5 cm³/mol. The van der Waals surface area contributed by atoms with Gasteiger partial charge < -0.3 is 9.47 Å². The van der Waals surface area contributed by atoms with E-state index in [4.69, 9.17) is 9.47 Å². The molecular formula is C19H22N2O3. The molecule has 5 heteroatoms. The third-order valence-electron chi connectivity index (χ3n) is 3.16. The van der Waals surface area contributed by atoms with Crippen molar-refractivity contribution < 1.29 is 14.3 Å². The highest BCUT2D eigenvalue weighted by Crippen LogP contribution is 2.11. The monoisotopic (exact) mass is 326 g/mol. The van der Waals surface area contributed by atoms with Gasteiger partial charge >= 0.3 is 0 Å². The number of carbonyl (C=O) groups excluding carboxylic acids is 1. The van der Waals surface area contributed by atoms with Gasteiger partial charge in [0.1, 0.15) is 11.5 Å². The van der Waals surface area contributed by atoms with Gasteiger partial charge in [-0.2, -0.15) is 5.10 Å². The molecule has 0 saturated heterocycles. The molecule has 2 rings (SSSR count). The number of carbonyl (C=O) groups is 1. The lowest BCUT2D eigenvalue weighted by atomic mass is 10.2. The minimum Gasteiger partial charge on any atom is -0.494 e. The number of nitrogens with one attached hydrogen (secondary N) is 1. The summed E-state index contributed by atoms with van der Waals surface area (Å²) in [5, 5.41) is 3.91. The summed E-state index contributed by atoms with van der Waals surface area (Å²) in [6, 6.07) is 16.7. The first-order valence-corrected chi connectivity index (χ1v) is 8.00. The maximum atomic E-state index is 11.6. The molecule has 0 saturated carbocycles. The molecule has 1 N–H and O–H groups in total. The molecule has 0 spiro atoms. The third-order valence-corrected chi connectivity index (χ3v) is 3.16. The molecule has 1 amide bonds. The molecule has 0 aromatic heterocycles. The molecule has 0 radical (unpaired) electrons. The Hall–Kier alpha value is -2.82. The van der Waals surface area contributed by atoms with Crippen LogP contribution in [0.5, 0.6) is 11.5 Å². The van der Waals surface area contributed by atoms with Gasteiger partial charge in [0.2, 0.25) is 0 Å². The average Bonchev–Trinajstić information content (AvgIpc) is 2.62. The van der Waals surface area contributed by atoms with E-state index in [2.05, 4.69) is 17.5 Å². The van der Waals surface area contributed by atoms with Crippen molar-refractivity contribution in [1.29, 1.82) is 0 Å². The van der Waals surface area contributed by atoms with E-state index in [-0.39, 0.29) is 12.5 Å². The summed E-state index contributed by atoms with van der Waals surface area (Å²) < 4.78 is 10.9. The summed E-state index contributed by atoms with van der Waals surface area (Å²) in [5.41, 5.74) is 3.31. The van der Waals surface area contributed by atoms with E-state index in [1.807, 2.05) is 42.5 Å². The molecule has 0 fully saturated rings. The van der Waals surface area contributed by atoms with E-state index >= 15 is 0 Å². The Morgan fingerprint density at radius 1 is 1.04 bits per heavy atom. The van der Waals surface area contributed by atoms with Crippen molar-refractivity contribution in [2.45, 2.75) is 19.8 Å². The van der Waals surface area contributed by atoms with Gasteiger partial charge in [-0.15, -0.1) is 0 Å². The molecule has 2 aromatic carbocycles. The molecule has 24 heavy (non-hydrogen) atoms. The Labute approximate surface area is 142 Å². The fraction of sp³-hybridized carbons (Fsp3) is 0.263. The van der Waals surface area contributed by atoms with Crippen LogP contribution in [0.25, 0.3) is 0 Å². The predicted octanol–water partition coefficient (Wildman–Crippen LogP) is 3.39. The molecule has 0 bridgehead atoms. The van der Waals surface area contributed by atoms with Gasteiger partial charge in [-0.1, -0.05) is 31.5 Å². The van der Waals surface area contributed by atoms with E-state index in [0.717, 1.165) is 30.8 Å². The second-order valence-electron chi connectivity index (χ2n) is 5.17. The fourth-order valence-corrected chi connectivity index (χ4v) is 1.86. The van der Waals surface area contributed by atoms with Crippen molar-refractivity contribution in [2.24, 2.45) is 5.10 Å². The molecular weight excluding hydrogens is 304 g/mol. The van der Waals surface area contributed by atoms with Crippen molar-refractivity contribution in [3.63, 3.8) is 0 Å². The Bertz CT molecular complexity index is 639. The van der Waals surface area contributed by atoms with Gasteiger partial charge in [-0.3, -0.25) is 4.79 Å². The fourth-order valence-electron chi connectivity index (χ4n) is 1.86. The Balaban J connectivity index is 1.71. The first kappa shape index (κ1) is 17.5. The van der Waals surface area contributed by atoms with Crippen LogP contribution in [0.4, 0.5) is 0 Å². The number of hydrazone groups is 1. The van der Waals surface area contributed by atoms with Crippen molar-refractivity contribution in [3.05, 3.63) is 60.2 Å². The summed E-state index contributed by atoms with van der Waals surface area (Å²) in [6.45, 7) is 2.77. The Morgan fingerprint density at radius 3 is 2.46 bits per heavy atom. The number of unbranched alkanes of at least 4 members (excludes halogenated alkanes) is 1. The van der Waals surface area contributed by atoms with E-state index < -0.39 is 0 Å². The summed E-state index contributed by atoms with van der Waals surface area (Å²) in [5.74, 6) is 1.17. The standard InChI is InChI=1S/C19H22N2O3/c1-2-3-13-23-18-11-9-16(10-12-18)14-20-21-19(22)15-24-17-7-5-4-6-8-17/h4-12,14H,2-3,13,15H2,1H3,(H,21,22). The van der Waals surface area contributed by atoms with Gasteiger partial charge in [-0.05, 0) is 48.4 Å². The average molecular weight is 326 g/mol. The van der Waals surface area contributed by atoms with E-state index in [9.17, 15) is 4.79 Å². The normalized spacial score (nSPS) is 10.5. The largest absolute Gasteiger partial charge is 0.494 e. The van der Waals surface area contributed by atoms with Crippen LogP contribution in [-0.4, -0.2) is 25.3 Å². The van der Waals surface area contributed by atoms with Crippen LogP contribution in [0, 0.1) is 0 Å². The molecule has 0 unspecified atom stereocenters. The van der Waals surface area contributed by atoms with Crippen LogP contribution in [0.15, 0.2) is 59.7 Å². The summed E-state index contributed by atoms with van der Waals surface area (Å²) in [6.07, 6.45) is 3.73. The minimum absolute atomic E-state index is 0.0778. The van der Waals surface area contributed by atoms with Crippen molar-refractivity contribution in [2.75, 3.05) is 13.2 Å². The minimum atomic E-state index is -0.311. The summed E-state index contributed by atoms with van der Waals surface area (Å²) in [4.78, 5) is 11.6. The van der Waals surface area contributed by atoms with Gasteiger partial charge in [0.15, 0.2) is 6.61 Å². The molecule has 2 aromatic rings. The highest BCUT2D eigenvalue weighted by atomic mass is 16.5. The van der Waals surface area contributed by atoms with Crippen molar-refractivity contribution >= 4 is 12.1 Å². The Kier molecular flexibility index (Phi) is 7.34. The molecule has 0 aliphatic rings. The molecule has 0 heterocycles. The van der Waals surface area contributed by atoms with E-state index in [1.54, 1.807) is 18.3 Å². The van der Waals surface area contributed by atoms with Crippen LogP contribution in [0.3, 0.4) is 0 Å². The van der Waals surface area contributed by atoms with E-state index in [0.29, 0.717) is 5.75 Å². The maximum Gasteiger partial charge on any atom is 0.277 e. The van der Waals surface area contributed by atoms with Crippen LogP contribution in [-0.2, 0) is 4.79 Å². The highest BCUT2D eigenvalue weighted by Gasteiger charge is 2.00. The number of ether oxygens (including phenoxy) is 2. The van der Waals surface area contributed by atoms with Gasteiger partial charge in [-0.25, -0.2) is 5.43 Å². The highest BCUT2D eigenvalue weighted by molar-refractivity contribution is 5.83.